The molecule has 2 atom stereocenters. The van der Waals surface area contributed by atoms with Crippen molar-refractivity contribution < 1.29 is 9.21 Å². The number of benzene rings is 1. The summed E-state index contributed by atoms with van der Waals surface area (Å²) >= 11 is 0. The number of hydrogen-bond donors (Lipinski definition) is 0. The highest BCUT2D eigenvalue weighted by Crippen LogP contribution is 2.38. The third-order valence-corrected chi connectivity index (χ3v) is 6.31. The average molecular weight is 391 g/mol. The Bertz CT molecular complexity index is 992. The highest BCUT2D eigenvalue weighted by atomic mass is 16.4. The molecule has 29 heavy (non-hydrogen) atoms. The van der Waals surface area contributed by atoms with Crippen LogP contribution in [0.15, 0.2) is 47.3 Å². The Morgan fingerprint density at radius 3 is 2.62 bits per heavy atom. The van der Waals surface area contributed by atoms with Gasteiger partial charge in [0.25, 0.3) is 5.91 Å². The largest absolute Gasteiger partial charge is 0.445 e. The third kappa shape index (κ3) is 3.34. The first-order valence-corrected chi connectivity index (χ1v) is 10.4. The standard InChI is InChI=1S/C22H25N5O2/c1-15-9-10-17(21-23-13-20(29-21)16-5-4-6-16)14-26(15)22(28)18-7-2-3-8-19(18)27-24-11-12-25-27/h2-3,7-8,11-13,15-17H,4-6,9-10,14H2,1H3/t15-,17-/m1/s1. The van der Waals surface area contributed by atoms with Crippen LogP contribution in [0, 0.1) is 0 Å². The predicted octanol–water partition coefficient (Wildman–Crippen LogP) is 3.93. The first-order chi connectivity index (χ1) is 14.2. The van der Waals surface area contributed by atoms with Gasteiger partial charge in [0.05, 0.1) is 35.8 Å². The molecule has 0 radical (unpaired) electrons. The number of likely N-dealkylation sites (tertiary alicyclic amines) is 1. The number of rotatable bonds is 4. The molecule has 1 aromatic carbocycles. The number of oxazole rings is 1. The number of carbonyl (C=O) groups excluding carboxylic acids is 1. The van der Waals surface area contributed by atoms with E-state index < -0.39 is 0 Å². The van der Waals surface area contributed by atoms with Crippen molar-refractivity contribution in [2.75, 3.05) is 6.54 Å². The maximum Gasteiger partial charge on any atom is 0.256 e. The average Bonchev–Trinajstić information content (AvgIpc) is 3.39. The molecule has 2 aromatic heterocycles. The van der Waals surface area contributed by atoms with Crippen molar-refractivity contribution in [3.05, 3.63) is 60.1 Å². The Morgan fingerprint density at radius 2 is 1.86 bits per heavy atom. The van der Waals surface area contributed by atoms with E-state index >= 15 is 0 Å². The minimum atomic E-state index is 0.000808. The molecule has 5 rings (SSSR count). The molecule has 1 saturated heterocycles. The first kappa shape index (κ1) is 18.1. The SMILES string of the molecule is C[C@@H]1CC[C@@H](c2ncc(C3CCC3)o2)CN1C(=O)c1ccccc1-n1nccn1. The molecule has 3 heterocycles. The minimum absolute atomic E-state index is 0.000808. The van der Waals surface area contributed by atoms with Crippen LogP contribution in [0.3, 0.4) is 0 Å². The van der Waals surface area contributed by atoms with E-state index in [4.69, 9.17) is 4.42 Å². The molecule has 2 aliphatic rings. The molecule has 7 heteroatoms. The molecule has 7 nitrogen and oxygen atoms in total. The van der Waals surface area contributed by atoms with E-state index in [1.807, 2.05) is 35.4 Å². The van der Waals surface area contributed by atoms with Crippen LogP contribution < -0.4 is 0 Å². The molecule has 1 aliphatic carbocycles. The van der Waals surface area contributed by atoms with Crippen LogP contribution in [0.25, 0.3) is 5.69 Å². The van der Waals surface area contributed by atoms with E-state index in [1.165, 1.54) is 24.1 Å². The van der Waals surface area contributed by atoms with Crippen molar-refractivity contribution in [3.63, 3.8) is 0 Å². The Kier molecular flexibility index (Phi) is 4.66. The van der Waals surface area contributed by atoms with Crippen LogP contribution in [-0.4, -0.2) is 43.4 Å². The maximum atomic E-state index is 13.5. The number of aromatic nitrogens is 4. The fourth-order valence-corrected chi connectivity index (χ4v) is 4.29. The Morgan fingerprint density at radius 1 is 1.07 bits per heavy atom. The zero-order valence-corrected chi connectivity index (χ0v) is 16.6. The van der Waals surface area contributed by atoms with Gasteiger partial charge < -0.3 is 9.32 Å². The van der Waals surface area contributed by atoms with Gasteiger partial charge in [-0.05, 0) is 44.7 Å². The number of nitrogens with zero attached hydrogens (tertiary/aromatic N) is 5. The monoisotopic (exact) mass is 391 g/mol. The van der Waals surface area contributed by atoms with Crippen LogP contribution in [0.2, 0.25) is 0 Å². The Hall–Kier alpha value is -2.96. The zero-order valence-electron chi connectivity index (χ0n) is 16.6. The number of carbonyl (C=O) groups is 1. The lowest BCUT2D eigenvalue weighted by molar-refractivity contribution is 0.0595. The van der Waals surface area contributed by atoms with Gasteiger partial charge in [-0.15, -0.1) is 0 Å². The molecule has 1 saturated carbocycles. The molecule has 2 fully saturated rings. The summed E-state index contributed by atoms with van der Waals surface area (Å²) in [5.41, 5.74) is 1.30. The fraction of sp³-hybridized carbons (Fsp3) is 0.455. The fourth-order valence-electron chi connectivity index (χ4n) is 4.29. The highest BCUT2D eigenvalue weighted by molar-refractivity contribution is 5.98. The summed E-state index contributed by atoms with van der Waals surface area (Å²) in [6.45, 7) is 2.73. The molecular weight excluding hydrogens is 366 g/mol. The van der Waals surface area contributed by atoms with Gasteiger partial charge in [-0.1, -0.05) is 18.6 Å². The molecule has 1 amide bonds. The second-order valence-corrected chi connectivity index (χ2v) is 8.15. The quantitative estimate of drug-likeness (QED) is 0.673. The predicted molar refractivity (Wildman–Crippen MR) is 107 cm³/mol. The van der Waals surface area contributed by atoms with Gasteiger partial charge in [-0.3, -0.25) is 4.79 Å². The van der Waals surface area contributed by atoms with E-state index in [2.05, 4.69) is 22.1 Å². The van der Waals surface area contributed by atoms with E-state index in [0.29, 0.717) is 23.7 Å². The van der Waals surface area contributed by atoms with Gasteiger partial charge in [0.15, 0.2) is 5.89 Å². The molecule has 0 unspecified atom stereocenters. The molecule has 3 aromatic rings. The number of piperidine rings is 1. The van der Waals surface area contributed by atoms with E-state index in [1.54, 1.807) is 12.4 Å². The van der Waals surface area contributed by atoms with Crippen molar-refractivity contribution >= 4 is 5.91 Å². The molecule has 150 valence electrons. The van der Waals surface area contributed by atoms with E-state index in [0.717, 1.165) is 24.5 Å². The summed E-state index contributed by atoms with van der Waals surface area (Å²) in [6.07, 6.45) is 10.7. The Balaban J connectivity index is 1.39. The number of para-hydroxylation sites is 1. The van der Waals surface area contributed by atoms with E-state index in [9.17, 15) is 4.79 Å². The van der Waals surface area contributed by atoms with Crippen molar-refractivity contribution in [1.82, 2.24) is 24.9 Å². The number of amides is 1. The topological polar surface area (TPSA) is 77.0 Å². The maximum absolute atomic E-state index is 13.5. The molecule has 0 N–H and O–H groups in total. The lowest BCUT2D eigenvalue weighted by atomic mass is 9.84. The van der Waals surface area contributed by atoms with Crippen molar-refractivity contribution in [3.8, 4) is 5.69 Å². The van der Waals surface area contributed by atoms with Crippen molar-refractivity contribution in [1.29, 1.82) is 0 Å². The molecule has 0 spiro atoms. The van der Waals surface area contributed by atoms with E-state index in [-0.39, 0.29) is 17.9 Å². The molecule has 0 bridgehead atoms. The summed E-state index contributed by atoms with van der Waals surface area (Å²) in [6, 6.07) is 7.66. The first-order valence-electron chi connectivity index (χ1n) is 10.4. The van der Waals surface area contributed by atoms with Gasteiger partial charge >= 0.3 is 0 Å². The normalized spacial score (nSPS) is 22.4. The minimum Gasteiger partial charge on any atom is -0.445 e. The van der Waals surface area contributed by atoms with Crippen LogP contribution in [0.5, 0.6) is 0 Å². The third-order valence-electron chi connectivity index (χ3n) is 6.31. The number of hydrogen-bond acceptors (Lipinski definition) is 5. The van der Waals surface area contributed by atoms with Gasteiger partial charge in [0.2, 0.25) is 0 Å². The molecular formula is C22H25N5O2. The van der Waals surface area contributed by atoms with Crippen molar-refractivity contribution in [2.45, 2.75) is 56.9 Å². The summed E-state index contributed by atoms with van der Waals surface area (Å²) in [7, 11) is 0. The summed E-state index contributed by atoms with van der Waals surface area (Å²) in [5.74, 6) is 2.46. The lowest BCUT2D eigenvalue weighted by Gasteiger charge is -2.37. The second kappa shape index (κ2) is 7.46. The summed E-state index contributed by atoms with van der Waals surface area (Å²) in [5, 5.41) is 8.40. The van der Waals surface area contributed by atoms with Crippen LogP contribution in [-0.2, 0) is 0 Å². The van der Waals surface area contributed by atoms with Gasteiger partial charge in [-0.2, -0.15) is 15.0 Å². The smallest absolute Gasteiger partial charge is 0.256 e. The van der Waals surface area contributed by atoms with Crippen LogP contribution in [0.1, 0.15) is 72.9 Å². The van der Waals surface area contributed by atoms with Crippen molar-refractivity contribution in [2.24, 2.45) is 0 Å². The van der Waals surface area contributed by atoms with Crippen LogP contribution in [0.4, 0.5) is 0 Å². The summed E-state index contributed by atoms with van der Waals surface area (Å²) in [4.78, 5) is 21.5. The second-order valence-electron chi connectivity index (χ2n) is 8.15. The van der Waals surface area contributed by atoms with Crippen LogP contribution >= 0.6 is 0 Å². The molecule has 1 aliphatic heterocycles. The lowest BCUT2D eigenvalue weighted by Crippen LogP contribution is -2.45. The summed E-state index contributed by atoms with van der Waals surface area (Å²) < 4.78 is 6.11. The van der Waals surface area contributed by atoms with Gasteiger partial charge in [0, 0.05) is 18.5 Å². The van der Waals surface area contributed by atoms with Gasteiger partial charge in [0.1, 0.15) is 5.76 Å². The highest BCUT2D eigenvalue weighted by Gasteiger charge is 2.34. The zero-order chi connectivity index (χ0) is 19.8. The Labute approximate surface area is 169 Å². The van der Waals surface area contributed by atoms with Gasteiger partial charge in [-0.25, -0.2) is 4.98 Å².